The monoisotopic (exact) mass is 456 g/mol. The van der Waals surface area contributed by atoms with E-state index in [2.05, 4.69) is 26.8 Å². The van der Waals surface area contributed by atoms with Crippen molar-refractivity contribution in [2.24, 2.45) is 5.41 Å². The van der Waals surface area contributed by atoms with Crippen molar-refractivity contribution in [2.45, 2.75) is 67.4 Å². The molecule has 0 radical (unpaired) electrons. The fraction of sp³-hybridized carbons (Fsp3) is 0.464. The minimum Gasteiger partial charge on any atom is -0.496 e. The van der Waals surface area contributed by atoms with Gasteiger partial charge in [-0.3, -0.25) is 0 Å². The molecule has 1 aromatic carbocycles. The molecule has 0 spiro atoms. The molecule has 2 rings (SSSR count). The van der Waals surface area contributed by atoms with Gasteiger partial charge >= 0.3 is 5.97 Å². The Morgan fingerprint density at radius 3 is 2.39 bits per heavy atom. The van der Waals surface area contributed by atoms with E-state index in [-0.39, 0.29) is 11.2 Å². The van der Waals surface area contributed by atoms with Crippen molar-refractivity contribution in [1.82, 2.24) is 0 Å². The van der Waals surface area contributed by atoms with E-state index in [4.69, 9.17) is 14.2 Å². The van der Waals surface area contributed by atoms with Crippen LogP contribution < -0.4 is 9.47 Å². The molecule has 0 aromatic heterocycles. The summed E-state index contributed by atoms with van der Waals surface area (Å²) in [6, 6.07) is 3.82. The van der Waals surface area contributed by atoms with Gasteiger partial charge in [0.15, 0.2) is 0 Å². The molecule has 0 unspecified atom stereocenters. The summed E-state index contributed by atoms with van der Waals surface area (Å²) in [5, 5.41) is 0. The third-order valence-electron chi connectivity index (χ3n) is 5.36. The molecular formula is C28H37FO4. The average molecular weight is 457 g/mol. The molecule has 1 heterocycles. The van der Waals surface area contributed by atoms with E-state index in [1.54, 1.807) is 27.0 Å². The minimum atomic E-state index is -0.456. The van der Waals surface area contributed by atoms with Crippen LogP contribution in [-0.4, -0.2) is 25.3 Å². The van der Waals surface area contributed by atoms with Crippen molar-refractivity contribution in [1.29, 1.82) is 0 Å². The lowest BCUT2D eigenvalue weighted by Crippen LogP contribution is -2.31. The van der Waals surface area contributed by atoms with Crippen LogP contribution >= 0.6 is 0 Å². The molecule has 1 aromatic rings. The third-order valence-corrected chi connectivity index (χ3v) is 5.36. The van der Waals surface area contributed by atoms with Crippen LogP contribution in [0.15, 0.2) is 47.8 Å². The summed E-state index contributed by atoms with van der Waals surface area (Å²) < 4.78 is 32.1. The molecule has 0 amide bonds. The molecule has 0 saturated heterocycles. The first-order valence-electron chi connectivity index (χ1n) is 11.4. The number of halogens is 1. The smallest absolute Gasteiger partial charge is 0.330 e. The minimum absolute atomic E-state index is 0.120. The highest BCUT2D eigenvalue weighted by atomic mass is 19.1. The van der Waals surface area contributed by atoms with Gasteiger partial charge in [-0.05, 0) is 74.5 Å². The van der Waals surface area contributed by atoms with E-state index >= 15 is 4.39 Å². The van der Waals surface area contributed by atoms with Crippen LogP contribution in [0.25, 0.3) is 11.1 Å². The van der Waals surface area contributed by atoms with Gasteiger partial charge in [0.1, 0.15) is 22.9 Å². The second kappa shape index (κ2) is 10.4. The van der Waals surface area contributed by atoms with Gasteiger partial charge in [-0.2, -0.15) is 0 Å². The van der Waals surface area contributed by atoms with Crippen LogP contribution in [0.3, 0.4) is 0 Å². The second-order valence-corrected chi connectivity index (χ2v) is 9.72. The Morgan fingerprint density at radius 1 is 1.18 bits per heavy atom. The molecule has 4 nitrogen and oxygen atoms in total. The molecule has 0 saturated carbocycles. The first-order valence-corrected chi connectivity index (χ1v) is 11.4. The molecular weight excluding hydrogens is 419 g/mol. The Labute approximate surface area is 197 Å². The number of fused-ring (bicyclic) bond motifs is 1. The van der Waals surface area contributed by atoms with Gasteiger partial charge in [0, 0.05) is 23.3 Å². The number of benzene rings is 1. The Morgan fingerprint density at radius 2 is 1.85 bits per heavy atom. The summed E-state index contributed by atoms with van der Waals surface area (Å²) in [6.45, 7) is 16.2. The Balaban J connectivity index is 2.60. The van der Waals surface area contributed by atoms with Crippen LogP contribution in [0, 0.1) is 5.41 Å². The van der Waals surface area contributed by atoms with Crippen LogP contribution in [0.5, 0.6) is 11.5 Å². The standard InChI is InChI=1S/C28H37FO4/c1-10-19(23(29)13-12-18(3)14-26(30)32-11-2)20-15-21-22(27(4,5)6)17-28(7,8)33-25(21)16-24(20)31-9/h12-17H,10-11H2,1-9H3/b13-12+,18-14+,23-19+. The first kappa shape index (κ1) is 26.4. The number of esters is 1. The van der Waals surface area contributed by atoms with Crippen molar-refractivity contribution in [3.63, 3.8) is 0 Å². The van der Waals surface area contributed by atoms with E-state index in [1.165, 1.54) is 12.2 Å². The summed E-state index contributed by atoms with van der Waals surface area (Å²) in [5.74, 6) is 0.456. The summed E-state index contributed by atoms with van der Waals surface area (Å²) in [7, 11) is 1.58. The van der Waals surface area contributed by atoms with Crippen molar-refractivity contribution >= 4 is 17.1 Å². The summed E-state index contributed by atoms with van der Waals surface area (Å²) in [5.41, 5.74) is 3.33. The van der Waals surface area contributed by atoms with Crippen LogP contribution in [0.2, 0.25) is 0 Å². The number of carbonyl (C=O) groups is 1. The second-order valence-electron chi connectivity index (χ2n) is 9.72. The van der Waals surface area contributed by atoms with Gasteiger partial charge in [0.2, 0.25) is 0 Å². The van der Waals surface area contributed by atoms with E-state index in [9.17, 15) is 4.79 Å². The maximum absolute atomic E-state index is 15.3. The Hall–Kier alpha value is -2.82. The molecule has 1 aliphatic rings. The van der Waals surface area contributed by atoms with Gasteiger partial charge in [0.25, 0.3) is 0 Å². The predicted octanol–water partition coefficient (Wildman–Crippen LogP) is 7.45. The number of hydrogen-bond acceptors (Lipinski definition) is 4. The summed E-state index contributed by atoms with van der Waals surface area (Å²) in [4.78, 5) is 11.6. The first-order chi connectivity index (χ1) is 15.3. The van der Waals surface area contributed by atoms with Crippen molar-refractivity contribution in [2.75, 3.05) is 13.7 Å². The molecule has 0 bridgehead atoms. The number of carbonyl (C=O) groups excluding carboxylic acids is 1. The number of rotatable bonds is 7. The predicted molar refractivity (Wildman–Crippen MR) is 133 cm³/mol. The van der Waals surface area contributed by atoms with Crippen LogP contribution in [-0.2, 0) is 9.53 Å². The Bertz CT molecular complexity index is 1020. The van der Waals surface area contributed by atoms with Gasteiger partial charge in [-0.1, -0.05) is 33.8 Å². The van der Waals surface area contributed by atoms with E-state index in [1.807, 2.05) is 32.9 Å². The van der Waals surface area contributed by atoms with Crippen LogP contribution in [0.4, 0.5) is 4.39 Å². The quantitative estimate of drug-likeness (QED) is 0.243. The fourth-order valence-electron chi connectivity index (χ4n) is 3.83. The molecule has 180 valence electrons. The zero-order valence-electron chi connectivity index (χ0n) is 21.4. The number of methoxy groups -OCH3 is 1. The molecule has 1 aliphatic heterocycles. The molecule has 0 N–H and O–H groups in total. The average Bonchev–Trinajstić information content (AvgIpc) is 2.70. The zero-order valence-corrected chi connectivity index (χ0v) is 21.4. The van der Waals surface area contributed by atoms with Gasteiger partial charge in [-0.25, -0.2) is 9.18 Å². The normalized spacial score (nSPS) is 16.5. The molecule has 0 aliphatic carbocycles. The molecule has 33 heavy (non-hydrogen) atoms. The summed E-state index contributed by atoms with van der Waals surface area (Å²) in [6.07, 6.45) is 6.90. The zero-order chi connectivity index (χ0) is 25.0. The van der Waals surface area contributed by atoms with Gasteiger partial charge in [-0.15, -0.1) is 0 Å². The van der Waals surface area contributed by atoms with E-state index < -0.39 is 11.6 Å². The highest BCUT2D eigenvalue weighted by Gasteiger charge is 2.33. The van der Waals surface area contributed by atoms with Crippen molar-refractivity contribution < 1.29 is 23.4 Å². The largest absolute Gasteiger partial charge is 0.496 e. The van der Waals surface area contributed by atoms with Crippen LogP contribution in [0.1, 0.15) is 72.9 Å². The van der Waals surface area contributed by atoms with Gasteiger partial charge < -0.3 is 14.2 Å². The SMILES string of the molecule is CCOC(=O)/C=C(C)/C=C/C(F)=C(/CC)c1cc2c(cc1OC)OC(C)(C)C=C2C(C)(C)C. The number of hydrogen-bond donors (Lipinski definition) is 0. The maximum Gasteiger partial charge on any atom is 0.330 e. The van der Waals surface area contributed by atoms with Crippen molar-refractivity contribution in [3.8, 4) is 11.5 Å². The lowest BCUT2D eigenvalue weighted by atomic mass is 9.77. The van der Waals surface area contributed by atoms with E-state index in [0.717, 1.165) is 16.9 Å². The highest BCUT2D eigenvalue weighted by Crippen LogP contribution is 2.48. The maximum atomic E-state index is 15.3. The van der Waals surface area contributed by atoms with E-state index in [0.29, 0.717) is 35.5 Å². The molecule has 0 fully saturated rings. The number of allylic oxidation sites excluding steroid dienone is 6. The highest BCUT2D eigenvalue weighted by molar-refractivity contribution is 5.84. The van der Waals surface area contributed by atoms with Crippen molar-refractivity contribution in [3.05, 3.63) is 59.0 Å². The summed E-state index contributed by atoms with van der Waals surface area (Å²) >= 11 is 0. The fourth-order valence-corrected chi connectivity index (χ4v) is 3.83. The third kappa shape index (κ3) is 6.59. The molecule has 0 atom stereocenters. The number of ether oxygens (including phenoxy) is 3. The topological polar surface area (TPSA) is 44.8 Å². The lowest BCUT2D eigenvalue weighted by Gasteiger charge is -2.36. The molecule has 5 heteroatoms. The lowest BCUT2D eigenvalue weighted by molar-refractivity contribution is -0.137. The van der Waals surface area contributed by atoms with Gasteiger partial charge in [0.05, 0.1) is 13.7 Å². The Kier molecular flexibility index (Phi) is 8.34.